The molecular weight excluding hydrogens is 268 g/mol. The van der Waals surface area contributed by atoms with Crippen LogP contribution in [0.25, 0.3) is 0 Å². The summed E-state index contributed by atoms with van der Waals surface area (Å²) in [5.74, 6) is 2.02. The Bertz CT molecular complexity index is 482. The molecule has 6 heteroatoms. The second-order valence-corrected chi connectivity index (χ2v) is 6.09. The number of hydrogen-bond donors (Lipinski definition) is 0. The minimum Gasteiger partial charge on any atom is -0.378 e. The van der Waals surface area contributed by atoms with Gasteiger partial charge >= 0.3 is 0 Å². The third kappa shape index (κ3) is 3.63. The molecule has 1 unspecified atom stereocenters. The van der Waals surface area contributed by atoms with Crippen LogP contribution >= 0.6 is 0 Å². The fraction of sp³-hybridized carbons (Fsp3) is 0.733. The summed E-state index contributed by atoms with van der Waals surface area (Å²) in [6, 6.07) is 0. The van der Waals surface area contributed by atoms with E-state index in [1.807, 2.05) is 18.1 Å². The number of morpholine rings is 1. The zero-order valence-corrected chi connectivity index (χ0v) is 12.7. The van der Waals surface area contributed by atoms with Gasteiger partial charge in [0.2, 0.25) is 5.91 Å². The van der Waals surface area contributed by atoms with Crippen molar-refractivity contribution in [1.29, 1.82) is 0 Å². The number of nitrogens with zero attached hydrogens (tertiary/aromatic N) is 4. The van der Waals surface area contributed by atoms with Crippen molar-refractivity contribution in [2.45, 2.75) is 19.4 Å². The fourth-order valence-corrected chi connectivity index (χ4v) is 3.24. The molecule has 21 heavy (non-hydrogen) atoms. The first-order valence-electron chi connectivity index (χ1n) is 7.76. The second-order valence-electron chi connectivity index (χ2n) is 6.09. The van der Waals surface area contributed by atoms with Gasteiger partial charge in [-0.15, -0.1) is 0 Å². The molecule has 0 N–H and O–H groups in total. The van der Waals surface area contributed by atoms with Gasteiger partial charge in [-0.05, 0) is 19.4 Å². The van der Waals surface area contributed by atoms with Crippen molar-refractivity contribution in [2.75, 3.05) is 46.4 Å². The van der Waals surface area contributed by atoms with E-state index in [0.717, 1.165) is 39.0 Å². The van der Waals surface area contributed by atoms with Gasteiger partial charge in [-0.2, -0.15) is 0 Å². The molecule has 0 spiro atoms. The molecule has 0 bridgehead atoms. The average Bonchev–Trinajstić information content (AvgIpc) is 2.95. The molecule has 0 radical (unpaired) electrons. The van der Waals surface area contributed by atoms with Crippen molar-refractivity contribution < 1.29 is 9.53 Å². The zero-order chi connectivity index (χ0) is 14.7. The van der Waals surface area contributed by atoms with Crippen LogP contribution in [0.4, 0.5) is 0 Å². The minimum atomic E-state index is 0.222. The Balaban J connectivity index is 1.46. The Hall–Kier alpha value is -1.40. The number of rotatable bonds is 4. The summed E-state index contributed by atoms with van der Waals surface area (Å²) in [7, 11) is 2.04. The SMILES string of the molecule is CN(CC(=O)N1CCOCC1)CC1CCc2nccn2C1. The number of fused-ring (bicyclic) bond motifs is 1. The Labute approximate surface area is 125 Å². The van der Waals surface area contributed by atoms with Crippen LogP contribution in [0.15, 0.2) is 12.4 Å². The van der Waals surface area contributed by atoms with Gasteiger partial charge in [0.25, 0.3) is 0 Å². The third-order valence-corrected chi connectivity index (χ3v) is 4.37. The van der Waals surface area contributed by atoms with E-state index in [2.05, 4.69) is 20.6 Å². The van der Waals surface area contributed by atoms with Crippen LogP contribution in [0, 0.1) is 5.92 Å². The van der Waals surface area contributed by atoms with Gasteiger partial charge < -0.3 is 14.2 Å². The molecule has 116 valence electrons. The van der Waals surface area contributed by atoms with E-state index in [9.17, 15) is 4.79 Å². The average molecular weight is 292 g/mol. The van der Waals surface area contributed by atoms with Crippen LogP contribution in [0.5, 0.6) is 0 Å². The number of carbonyl (C=O) groups excluding carboxylic acids is 1. The monoisotopic (exact) mass is 292 g/mol. The fourth-order valence-electron chi connectivity index (χ4n) is 3.24. The van der Waals surface area contributed by atoms with E-state index in [1.54, 1.807) is 0 Å². The molecule has 3 heterocycles. The standard InChI is InChI=1S/C15H24N4O2/c1-17(12-15(20)18-6-8-21-9-7-18)10-13-2-3-14-16-4-5-19(14)11-13/h4-5,13H,2-3,6-12H2,1H3. The molecule has 3 rings (SSSR count). The predicted octanol–water partition coefficient (Wildman–Crippen LogP) is 0.236. The largest absolute Gasteiger partial charge is 0.378 e. The van der Waals surface area contributed by atoms with E-state index in [0.29, 0.717) is 25.7 Å². The summed E-state index contributed by atoms with van der Waals surface area (Å²) >= 11 is 0. The zero-order valence-electron chi connectivity index (χ0n) is 12.7. The summed E-state index contributed by atoms with van der Waals surface area (Å²) in [6.07, 6.45) is 6.14. The minimum absolute atomic E-state index is 0.222. The van der Waals surface area contributed by atoms with Crippen molar-refractivity contribution in [1.82, 2.24) is 19.4 Å². The van der Waals surface area contributed by atoms with Crippen LogP contribution in [-0.2, 0) is 22.5 Å². The van der Waals surface area contributed by atoms with Gasteiger partial charge in [0.05, 0.1) is 19.8 Å². The lowest BCUT2D eigenvalue weighted by molar-refractivity contribution is -0.136. The predicted molar refractivity (Wildman–Crippen MR) is 78.9 cm³/mol. The number of hydrogen-bond acceptors (Lipinski definition) is 4. The summed E-state index contributed by atoms with van der Waals surface area (Å²) in [6.45, 7) is 5.29. The lowest BCUT2D eigenvalue weighted by Gasteiger charge is -2.31. The van der Waals surface area contributed by atoms with Crippen LogP contribution in [0.3, 0.4) is 0 Å². The topological polar surface area (TPSA) is 50.6 Å². The van der Waals surface area contributed by atoms with E-state index >= 15 is 0 Å². The molecule has 0 saturated carbocycles. The molecule has 1 amide bonds. The molecule has 0 aliphatic carbocycles. The van der Waals surface area contributed by atoms with Crippen LogP contribution in [0.2, 0.25) is 0 Å². The van der Waals surface area contributed by atoms with Crippen LogP contribution in [0.1, 0.15) is 12.2 Å². The molecular formula is C15H24N4O2. The summed E-state index contributed by atoms with van der Waals surface area (Å²) < 4.78 is 7.53. The number of imidazole rings is 1. The summed E-state index contributed by atoms with van der Waals surface area (Å²) in [5, 5.41) is 0. The quantitative estimate of drug-likeness (QED) is 0.797. The highest BCUT2D eigenvalue weighted by molar-refractivity contribution is 5.78. The molecule has 0 aromatic carbocycles. The lowest BCUT2D eigenvalue weighted by atomic mass is 9.99. The van der Waals surface area contributed by atoms with Crippen molar-refractivity contribution in [2.24, 2.45) is 5.92 Å². The Morgan fingerprint density at radius 2 is 2.29 bits per heavy atom. The van der Waals surface area contributed by atoms with Gasteiger partial charge in [-0.3, -0.25) is 9.69 Å². The van der Waals surface area contributed by atoms with Gasteiger partial charge in [-0.1, -0.05) is 0 Å². The molecule has 1 aromatic heterocycles. The molecule has 1 saturated heterocycles. The van der Waals surface area contributed by atoms with E-state index in [1.165, 1.54) is 5.82 Å². The lowest BCUT2D eigenvalue weighted by Crippen LogP contribution is -2.46. The molecule has 1 fully saturated rings. The van der Waals surface area contributed by atoms with Crippen molar-refractivity contribution in [3.05, 3.63) is 18.2 Å². The number of amides is 1. The van der Waals surface area contributed by atoms with Gasteiger partial charge in [0, 0.05) is 45.0 Å². The number of aryl methyl sites for hydroxylation is 1. The number of aromatic nitrogens is 2. The highest BCUT2D eigenvalue weighted by Crippen LogP contribution is 2.19. The number of carbonyl (C=O) groups is 1. The van der Waals surface area contributed by atoms with Crippen LogP contribution < -0.4 is 0 Å². The van der Waals surface area contributed by atoms with Gasteiger partial charge in [0.15, 0.2) is 0 Å². The number of ether oxygens (including phenoxy) is 1. The Kier molecular flexibility index (Phi) is 4.55. The normalized spacial score (nSPS) is 22.4. The maximum atomic E-state index is 12.2. The maximum absolute atomic E-state index is 12.2. The molecule has 1 aromatic rings. The van der Waals surface area contributed by atoms with Gasteiger partial charge in [-0.25, -0.2) is 4.98 Å². The molecule has 1 atom stereocenters. The summed E-state index contributed by atoms with van der Waals surface area (Å²) in [4.78, 5) is 20.6. The maximum Gasteiger partial charge on any atom is 0.236 e. The number of likely N-dealkylation sites (N-methyl/N-ethyl adjacent to an activating group) is 1. The Morgan fingerprint density at radius 1 is 1.48 bits per heavy atom. The smallest absolute Gasteiger partial charge is 0.236 e. The first-order valence-corrected chi connectivity index (χ1v) is 7.76. The van der Waals surface area contributed by atoms with E-state index in [-0.39, 0.29) is 5.91 Å². The molecule has 2 aliphatic heterocycles. The first-order chi connectivity index (χ1) is 10.2. The van der Waals surface area contributed by atoms with E-state index < -0.39 is 0 Å². The van der Waals surface area contributed by atoms with Crippen LogP contribution in [-0.4, -0.2) is 71.7 Å². The van der Waals surface area contributed by atoms with Gasteiger partial charge in [0.1, 0.15) is 5.82 Å². The van der Waals surface area contributed by atoms with Crippen molar-refractivity contribution in [3.8, 4) is 0 Å². The van der Waals surface area contributed by atoms with Crippen molar-refractivity contribution in [3.63, 3.8) is 0 Å². The molecule has 2 aliphatic rings. The first kappa shape index (κ1) is 14.5. The highest BCUT2D eigenvalue weighted by Gasteiger charge is 2.22. The third-order valence-electron chi connectivity index (χ3n) is 4.37. The molecule has 6 nitrogen and oxygen atoms in total. The van der Waals surface area contributed by atoms with Crippen molar-refractivity contribution >= 4 is 5.91 Å². The van der Waals surface area contributed by atoms with E-state index in [4.69, 9.17) is 4.74 Å². The Morgan fingerprint density at radius 3 is 3.10 bits per heavy atom. The highest BCUT2D eigenvalue weighted by atomic mass is 16.5. The summed E-state index contributed by atoms with van der Waals surface area (Å²) in [5.41, 5.74) is 0. The second kappa shape index (κ2) is 6.58.